The van der Waals surface area contributed by atoms with E-state index in [4.69, 9.17) is 9.47 Å². The first-order chi connectivity index (χ1) is 23.7. The van der Waals surface area contributed by atoms with E-state index in [0.29, 0.717) is 43.0 Å². The highest BCUT2D eigenvalue weighted by atomic mass is 79.9. The topological polar surface area (TPSA) is 103 Å². The van der Waals surface area contributed by atoms with Gasteiger partial charge in [-0.2, -0.15) is 0 Å². The first-order valence-electron chi connectivity index (χ1n) is 17.4. The van der Waals surface area contributed by atoms with E-state index in [1.807, 2.05) is 55.5 Å². The van der Waals surface area contributed by atoms with Crippen LogP contribution in [0.3, 0.4) is 0 Å². The number of carbonyl (C=O) groups excluding carboxylic acids is 3. The molecule has 0 saturated carbocycles. The zero-order valence-corrected chi connectivity index (χ0v) is 30.4. The van der Waals surface area contributed by atoms with E-state index in [1.165, 1.54) is 0 Å². The molecule has 3 fully saturated rings. The van der Waals surface area contributed by atoms with E-state index >= 15 is 0 Å². The third kappa shape index (κ3) is 6.77. The van der Waals surface area contributed by atoms with Crippen molar-refractivity contribution in [2.45, 2.75) is 62.6 Å². The number of unbranched alkanes of at least 4 members (excludes halogenated alkanes) is 1. The lowest BCUT2D eigenvalue weighted by atomic mass is 9.70. The molecule has 5 rings (SSSR count). The van der Waals surface area contributed by atoms with Gasteiger partial charge >= 0.3 is 0 Å². The first-order valence-corrected chi connectivity index (χ1v) is 18.3. The fraction of sp³-hybridized carbons (Fsp3) is 0.500. The Balaban J connectivity index is 1.53. The number of hydrogen-bond acceptors (Lipinski definition) is 7. The Morgan fingerprint density at radius 1 is 0.959 bits per heavy atom. The summed E-state index contributed by atoms with van der Waals surface area (Å²) in [6.07, 6.45) is 4.11. The lowest BCUT2D eigenvalue weighted by Crippen LogP contribution is -2.57. The predicted molar refractivity (Wildman–Crippen MR) is 196 cm³/mol. The van der Waals surface area contributed by atoms with Crippen LogP contribution in [0.25, 0.3) is 0 Å². The van der Waals surface area contributed by atoms with E-state index in [-0.39, 0.29) is 48.8 Å². The standard InChI is InChI=1S/C38H49BrN4O6/c1-6-21-41(28-17-19-29(20-18-28)48-10-5)35(45)31-32-36(46)43(23-11-12-24-44)34(38(32)25-30(39)33(31)49-38)37(47)42(22-7-2)27-15-13-26(14-16-27)40(8-3)9-4/h6-7,13-20,30-34,44H,1-2,8-12,21-25H2,3-5H3/t30?,31-,32-,33-,34?,38?/m0/s1. The molecule has 3 aliphatic rings. The molecule has 0 radical (unpaired) electrons. The molecule has 3 unspecified atom stereocenters. The Labute approximate surface area is 298 Å². The highest BCUT2D eigenvalue weighted by Gasteiger charge is 2.77. The molecule has 264 valence electrons. The van der Waals surface area contributed by atoms with Crippen LogP contribution in [-0.2, 0) is 19.1 Å². The lowest BCUT2D eigenvalue weighted by Gasteiger charge is -2.37. The average molecular weight is 738 g/mol. The molecule has 0 aromatic heterocycles. The molecule has 10 nitrogen and oxygen atoms in total. The maximum absolute atomic E-state index is 14.9. The van der Waals surface area contributed by atoms with Crippen LogP contribution in [0.1, 0.15) is 40.0 Å². The lowest BCUT2D eigenvalue weighted by molar-refractivity contribution is -0.140. The van der Waals surface area contributed by atoms with Gasteiger partial charge in [-0.25, -0.2) is 0 Å². The molecule has 1 N–H and O–H groups in total. The van der Waals surface area contributed by atoms with Crippen molar-refractivity contribution in [3.8, 4) is 5.75 Å². The number of hydrogen-bond donors (Lipinski definition) is 1. The summed E-state index contributed by atoms with van der Waals surface area (Å²) in [5.74, 6) is -1.78. The largest absolute Gasteiger partial charge is 0.494 e. The second-order valence-electron chi connectivity index (χ2n) is 12.7. The number of alkyl halides is 1. The predicted octanol–water partition coefficient (Wildman–Crippen LogP) is 5.19. The molecule has 1 spiro atoms. The Hall–Kier alpha value is -3.67. The van der Waals surface area contributed by atoms with Crippen LogP contribution >= 0.6 is 15.9 Å². The number of carbonyl (C=O) groups is 3. The second-order valence-corrected chi connectivity index (χ2v) is 13.9. The Morgan fingerprint density at radius 3 is 2.08 bits per heavy atom. The van der Waals surface area contributed by atoms with Gasteiger partial charge in [0.1, 0.15) is 17.4 Å². The van der Waals surface area contributed by atoms with Gasteiger partial charge in [0.25, 0.3) is 5.91 Å². The summed E-state index contributed by atoms with van der Waals surface area (Å²) < 4.78 is 12.4. The fourth-order valence-electron chi connectivity index (χ4n) is 7.88. The van der Waals surface area contributed by atoms with Crippen LogP contribution in [0.15, 0.2) is 73.8 Å². The van der Waals surface area contributed by atoms with Gasteiger partial charge in [-0.15, -0.1) is 13.2 Å². The minimum atomic E-state index is -1.22. The Morgan fingerprint density at radius 2 is 1.53 bits per heavy atom. The summed E-state index contributed by atoms with van der Waals surface area (Å²) in [5, 5.41) is 9.58. The molecule has 0 aliphatic carbocycles. The highest BCUT2D eigenvalue weighted by molar-refractivity contribution is 9.09. The quantitative estimate of drug-likeness (QED) is 0.136. The molecule has 49 heavy (non-hydrogen) atoms. The SMILES string of the molecule is C=CCN(C(=O)C1N(CCCCO)C(=O)[C@@H]2[C@H](C(=O)N(CC=C)c3ccc(OCC)cc3)[C@H]3OC12CC3Br)c1ccc(N(CC)CC)cc1. The van der Waals surface area contributed by atoms with Crippen molar-refractivity contribution in [2.75, 3.05) is 60.6 Å². The monoisotopic (exact) mass is 736 g/mol. The number of amides is 3. The summed E-state index contributed by atoms with van der Waals surface area (Å²) >= 11 is 3.79. The molecule has 2 bridgehead atoms. The third-order valence-electron chi connectivity index (χ3n) is 10.0. The maximum atomic E-state index is 14.9. The van der Waals surface area contributed by atoms with E-state index < -0.39 is 29.6 Å². The van der Waals surface area contributed by atoms with Crippen LogP contribution in [0, 0.1) is 11.8 Å². The normalized spacial score (nSPS) is 25.2. The number of ether oxygens (including phenoxy) is 2. The second kappa shape index (κ2) is 15.9. The summed E-state index contributed by atoms with van der Waals surface area (Å²) in [5.41, 5.74) is 1.18. The molecular formula is C38H49BrN4O6. The zero-order valence-electron chi connectivity index (χ0n) is 28.8. The molecule has 11 heteroatoms. The van der Waals surface area contributed by atoms with Crippen molar-refractivity contribution in [1.29, 1.82) is 0 Å². The van der Waals surface area contributed by atoms with Crippen molar-refractivity contribution in [1.82, 2.24) is 4.90 Å². The number of aliphatic hydroxyl groups excluding tert-OH is 1. The number of nitrogens with zero attached hydrogens (tertiary/aromatic N) is 4. The number of rotatable bonds is 17. The van der Waals surface area contributed by atoms with Gasteiger partial charge in [0, 0.05) is 61.2 Å². The van der Waals surface area contributed by atoms with Crippen molar-refractivity contribution < 1.29 is 29.0 Å². The smallest absolute Gasteiger partial charge is 0.253 e. The van der Waals surface area contributed by atoms with E-state index in [9.17, 15) is 19.5 Å². The van der Waals surface area contributed by atoms with Crippen molar-refractivity contribution in [3.05, 3.63) is 73.8 Å². The molecule has 3 amide bonds. The minimum Gasteiger partial charge on any atom is -0.494 e. The van der Waals surface area contributed by atoms with Gasteiger partial charge in [0.2, 0.25) is 11.8 Å². The van der Waals surface area contributed by atoms with Crippen LogP contribution in [0.2, 0.25) is 0 Å². The molecule has 3 heterocycles. The molecular weight excluding hydrogens is 688 g/mol. The van der Waals surface area contributed by atoms with Crippen LogP contribution < -0.4 is 19.4 Å². The number of likely N-dealkylation sites (tertiary alicyclic amines) is 1. The maximum Gasteiger partial charge on any atom is 0.253 e. The highest BCUT2D eigenvalue weighted by Crippen LogP contribution is 2.60. The van der Waals surface area contributed by atoms with Crippen LogP contribution in [0.5, 0.6) is 5.75 Å². The van der Waals surface area contributed by atoms with Crippen molar-refractivity contribution in [2.24, 2.45) is 11.8 Å². The fourth-order valence-corrected chi connectivity index (χ4v) is 8.82. The molecule has 3 aliphatic heterocycles. The summed E-state index contributed by atoms with van der Waals surface area (Å²) in [6, 6.07) is 14.2. The summed E-state index contributed by atoms with van der Waals surface area (Å²) in [7, 11) is 0. The average Bonchev–Trinajstić information content (AvgIpc) is 3.70. The first kappa shape index (κ1) is 36.6. The van der Waals surface area contributed by atoms with E-state index in [0.717, 1.165) is 18.8 Å². The van der Waals surface area contributed by atoms with Gasteiger partial charge in [-0.3, -0.25) is 14.4 Å². The Bertz CT molecular complexity index is 1500. The van der Waals surface area contributed by atoms with Crippen molar-refractivity contribution in [3.63, 3.8) is 0 Å². The number of anilines is 3. The molecule has 3 saturated heterocycles. The number of benzene rings is 2. The zero-order chi connectivity index (χ0) is 35.3. The van der Waals surface area contributed by atoms with Gasteiger partial charge in [-0.1, -0.05) is 28.1 Å². The van der Waals surface area contributed by atoms with Gasteiger partial charge in [0.15, 0.2) is 0 Å². The Kier molecular flexibility index (Phi) is 11.9. The molecule has 6 atom stereocenters. The number of aliphatic hydroxyl groups is 1. The van der Waals surface area contributed by atoms with Gasteiger partial charge < -0.3 is 34.2 Å². The summed E-state index contributed by atoms with van der Waals surface area (Å²) in [4.78, 5) is 51.0. The third-order valence-corrected chi connectivity index (χ3v) is 10.9. The summed E-state index contributed by atoms with van der Waals surface area (Å²) in [6.45, 7) is 16.9. The molecule has 2 aromatic carbocycles. The van der Waals surface area contributed by atoms with Crippen LogP contribution in [-0.4, -0.2) is 96.2 Å². The van der Waals surface area contributed by atoms with Gasteiger partial charge in [-0.05, 0) is 88.6 Å². The number of halogens is 1. The number of fused-ring (bicyclic) bond motifs is 1. The van der Waals surface area contributed by atoms with Crippen molar-refractivity contribution >= 4 is 50.7 Å². The van der Waals surface area contributed by atoms with Gasteiger partial charge in [0.05, 0.1) is 24.5 Å². The molecule has 2 aromatic rings. The minimum absolute atomic E-state index is 0.0293. The van der Waals surface area contributed by atoms with E-state index in [1.54, 1.807) is 26.9 Å². The van der Waals surface area contributed by atoms with Crippen LogP contribution in [0.4, 0.5) is 17.1 Å². The van der Waals surface area contributed by atoms with E-state index in [2.05, 4.69) is 47.8 Å².